The summed E-state index contributed by atoms with van der Waals surface area (Å²) in [6.07, 6.45) is 5.90. The third-order valence-electron chi connectivity index (χ3n) is 6.61. The standard InChI is InChI=1S/C21H35N3O3/c1-14-10-16(14)18(26)23-12-15-11-21(7-5-8-21)13-24(15)17(25)6-9-22-19(27)20(2,3)4/h14-16H,5-13H2,1-4H3,(H,22,27)(H,23,26)/t14-,15?,16-/m1/s1. The highest BCUT2D eigenvalue weighted by Gasteiger charge is 2.49. The Labute approximate surface area is 162 Å². The molecular weight excluding hydrogens is 342 g/mol. The third kappa shape index (κ3) is 4.64. The van der Waals surface area contributed by atoms with Gasteiger partial charge in [0.2, 0.25) is 17.7 Å². The first-order valence-corrected chi connectivity index (χ1v) is 10.5. The molecule has 0 radical (unpaired) electrons. The van der Waals surface area contributed by atoms with Crippen LogP contribution in [0.1, 0.15) is 66.2 Å². The third-order valence-corrected chi connectivity index (χ3v) is 6.61. The summed E-state index contributed by atoms with van der Waals surface area (Å²) in [6.45, 7) is 9.44. The summed E-state index contributed by atoms with van der Waals surface area (Å²) in [5.74, 6) is 0.861. The van der Waals surface area contributed by atoms with Crippen molar-refractivity contribution in [2.45, 2.75) is 72.3 Å². The molecule has 0 aromatic heterocycles. The summed E-state index contributed by atoms with van der Waals surface area (Å²) in [4.78, 5) is 38.9. The predicted molar refractivity (Wildman–Crippen MR) is 104 cm³/mol. The summed E-state index contributed by atoms with van der Waals surface area (Å²) in [5.41, 5.74) is -0.175. The second-order valence-corrected chi connectivity index (χ2v) is 10.1. The first-order valence-electron chi connectivity index (χ1n) is 10.5. The van der Waals surface area contributed by atoms with E-state index < -0.39 is 5.41 Å². The largest absolute Gasteiger partial charge is 0.355 e. The maximum atomic E-state index is 12.8. The molecule has 2 aliphatic carbocycles. The molecule has 27 heavy (non-hydrogen) atoms. The summed E-state index contributed by atoms with van der Waals surface area (Å²) in [6, 6.07) is 0.0918. The van der Waals surface area contributed by atoms with E-state index in [9.17, 15) is 14.4 Å². The van der Waals surface area contributed by atoms with Crippen LogP contribution < -0.4 is 10.6 Å². The van der Waals surface area contributed by atoms with Gasteiger partial charge in [0.25, 0.3) is 0 Å². The Balaban J connectivity index is 1.51. The number of carbonyl (C=O) groups excluding carboxylic acids is 3. The fourth-order valence-corrected chi connectivity index (χ4v) is 4.41. The van der Waals surface area contributed by atoms with Crippen molar-refractivity contribution in [1.82, 2.24) is 15.5 Å². The lowest BCUT2D eigenvalue weighted by molar-refractivity contribution is -0.133. The minimum absolute atomic E-state index is 0.0328. The second kappa shape index (κ2) is 7.44. The number of hydrogen-bond donors (Lipinski definition) is 2. The smallest absolute Gasteiger partial charge is 0.225 e. The van der Waals surface area contributed by atoms with Crippen LogP contribution in [0.25, 0.3) is 0 Å². The van der Waals surface area contributed by atoms with Crippen molar-refractivity contribution in [2.24, 2.45) is 22.7 Å². The average molecular weight is 378 g/mol. The molecule has 6 heteroatoms. The topological polar surface area (TPSA) is 78.5 Å². The van der Waals surface area contributed by atoms with Crippen LogP contribution in [0.4, 0.5) is 0 Å². The van der Waals surface area contributed by atoms with Gasteiger partial charge in [-0.15, -0.1) is 0 Å². The van der Waals surface area contributed by atoms with Crippen LogP contribution in [-0.2, 0) is 14.4 Å². The molecule has 2 saturated carbocycles. The van der Waals surface area contributed by atoms with Gasteiger partial charge < -0.3 is 15.5 Å². The summed E-state index contributed by atoms with van der Waals surface area (Å²) < 4.78 is 0. The second-order valence-electron chi connectivity index (χ2n) is 10.1. The lowest BCUT2D eigenvalue weighted by Gasteiger charge is -2.37. The van der Waals surface area contributed by atoms with Crippen molar-refractivity contribution in [3.63, 3.8) is 0 Å². The summed E-state index contributed by atoms with van der Waals surface area (Å²) in [5, 5.41) is 5.94. The van der Waals surface area contributed by atoms with Gasteiger partial charge in [-0.2, -0.15) is 0 Å². The van der Waals surface area contributed by atoms with Gasteiger partial charge in [0.05, 0.1) is 0 Å². The number of amides is 3. The average Bonchev–Trinajstić information content (AvgIpc) is 3.15. The number of carbonyl (C=O) groups is 3. The highest BCUT2D eigenvalue weighted by molar-refractivity contribution is 5.83. The first-order chi connectivity index (χ1) is 12.6. The van der Waals surface area contributed by atoms with Gasteiger partial charge in [-0.25, -0.2) is 0 Å². The van der Waals surface area contributed by atoms with E-state index in [-0.39, 0.29) is 35.1 Å². The number of hydrogen-bond acceptors (Lipinski definition) is 3. The molecule has 0 aromatic rings. The van der Waals surface area contributed by atoms with E-state index in [1.807, 2.05) is 25.7 Å². The summed E-state index contributed by atoms with van der Waals surface area (Å²) in [7, 11) is 0. The van der Waals surface area contributed by atoms with Crippen molar-refractivity contribution in [3.05, 3.63) is 0 Å². The van der Waals surface area contributed by atoms with E-state index in [4.69, 9.17) is 0 Å². The highest BCUT2D eigenvalue weighted by Crippen LogP contribution is 2.50. The van der Waals surface area contributed by atoms with Crippen LogP contribution in [0.5, 0.6) is 0 Å². The molecule has 3 fully saturated rings. The molecule has 6 nitrogen and oxygen atoms in total. The van der Waals surface area contributed by atoms with Crippen molar-refractivity contribution >= 4 is 17.7 Å². The van der Waals surface area contributed by atoms with Crippen LogP contribution in [0, 0.1) is 22.7 Å². The minimum Gasteiger partial charge on any atom is -0.355 e. The van der Waals surface area contributed by atoms with Crippen LogP contribution >= 0.6 is 0 Å². The SMILES string of the molecule is C[C@@H]1C[C@H]1C(=O)NCC1CC2(CCC2)CN1C(=O)CCNC(=O)C(C)(C)C. The molecule has 0 aromatic carbocycles. The van der Waals surface area contributed by atoms with Crippen molar-refractivity contribution in [2.75, 3.05) is 19.6 Å². The lowest BCUT2D eigenvalue weighted by atomic mass is 9.67. The monoisotopic (exact) mass is 377 g/mol. The molecule has 152 valence electrons. The Morgan fingerprint density at radius 3 is 2.33 bits per heavy atom. The first kappa shape index (κ1) is 20.2. The molecule has 2 N–H and O–H groups in total. The van der Waals surface area contributed by atoms with Gasteiger partial charge >= 0.3 is 0 Å². The molecule has 1 aliphatic heterocycles. The molecule has 1 unspecified atom stereocenters. The normalized spacial score (nSPS) is 28.6. The molecule has 3 amide bonds. The van der Waals surface area contributed by atoms with Crippen molar-refractivity contribution in [1.29, 1.82) is 0 Å². The van der Waals surface area contributed by atoms with Crippen LogP contribution in [0.3, 0.4) is 0 Å². The van der Waals surface area contributed by atoms with Gasteiger partial charge in [-0.3, -0.25) is 14.4 Å². The Morgan fingerprint density at radius 1 is 1.15 bits per heavy atom. The number of nitrogens with one attached hydrogen (secondary N) is 2. The zero-order valence-corrected chi connectivity index (χ0v) is 17.3. The molecule has 0 bridgehead atoms. The van der Waals surface area contributed by atoms with Gasteiger partial charge in [0.15, 0.2) is 0 Å². The van der Waals surface area contributed by atoms with E-state index in [0.717, 1.165) is 19.4 Å². The van der Waals surface area contributed by atoms with E-state index >= 15 is 0 Å². The zero-order valence-electron chi connectivity index (χ0n) is 17.3. The minimum atomic E-state index is -0.445. The molecule has 3 atom stereocenters. The van der Waals surface area contributed by atoms with E-state index in [1.165, 1.54) is 19.3 Å². The maximum Gasteiger partial charge on any atom is 0.225 e. The number of nitrogens with zero attached hydrogens (tertiary/aromatic N) is 1. The Hall–Kier alpha value is -1.59. The van der Waals surface area contributed by atoms with E-state index in [1.54, 1.807) is 0 Å². The Bertz CT molecular complexity index is 606. The van der Waals surface area contributed by atoms with Gasteiger partial charge in [0.1, 0.15) is 0 Å². The Morgan fingerprint density at radius 2 is 1.81 bits per heavy atom. The predicted octanol–water partition coefficient (Wildman–Crippen LogP) is 2.08. The molecule has 1 spiro atoms. The molecule has 1 saturated heterocycles. The van der Waals surface area contributed by atoms with Gasteiger partial charge in [-0.1, -0.05) is 34.1 Å². The van der Waals surface area contributed by atoms with Gasteiger partial charge in [0, 0.05) is 43.4 Å². The van der Waals surface area contributed by atoms with Crippen LogP contribution in [0.15, 0.2) is 0 Å². The molecule has 1 heterocycles. The summed E-state index contributed by atoms with van der Waals surface area (Å²) >= 11 is 0. The maximum absolute atomic E-state index is 12.8. The van der Waals surface area contributed by atoms with Crippen molar-refractivity contribution in [3.8, 4) is 0 Å². The quantitative estimate of drug-likeness (QED) is 0.744. The molecular formula is C21H35N3O3. The van der Waals surface area contributed by atoms with Crippen LogP contribution in [0.2, 0.25) is 0 Å². The lowest BCUT2D eigenvalue weighted by Crippen LogP contribution is -2.45. The van der Waals surface area contributed by atoms with E-state index in [2.05, 4.69) is 17.6 Å². The number of likely N-dealkylation sites (tertiary alicyclic amines) is 1. The van der Waals surface area contributed by atoms with Gasteiger partial charge in [-0.05, 0) is 37.0 Å². The fraction of sp³-hybridized carbons (Fsp3) is 0.857. The van der Waals surface area contributed by atoms with Crippen LogP contribution in [-0.4, -0.2) is 48.3 Å². The van der Waals surface area contributed by atoms with E-state index in [0.29, 0.717) is 25.4 Å². The molecule has 3 rings (SSSR count). The van der Waals surface area contributed by atoms with Crippen molar-refractivity contribution < 1.29 is 14.4 Å². The fourth-order valence-electron chi connectivity index (χ4n) is 4.41. The zero-order chi connectivity index (χ0) is 19.8. The molecule has 3 aliphatic rings. The number of rotatable bonds is 6. The Kier molecular flexibility index (Phi) is 5.55. The highest BCUT2D eigenvalue weighted by atomic mass is 16.2.